The summed E-state index contributed by atoms with van der Waals surface area (Å²) in [7, 11) is 0. The molecule has 172 valence electrons. The Bertz CT molecular complexity index is 1200. The zero-order valence-electron chi connectivity index (χ0n) is 19.4. The maximum absolute atomic E-state index is 13.6. The molecule has 34 heavy (non-hydrogen) atoms. The molecule has 0 spiro atoms. The summed E-state index contributed by atoms with van der Waals surface area (Å²) < 4.78 is 0. The zero-order chi connectivity index (χ0) is 23.5. The Labute approximate surface area is 200 Å². The van der Waals surface area contributed by atoms with Crippen molar-refractivity contribution in [3.63, 3.8) is 0 Å². The van der Waals surface area contributed by atoms with Gasteiger partial charge in [0.15, 0.2) is 0 Å². The summed E-state index contributed by atoms with van der Waals surface area (Å²) in [6.45, 7) is 6.24. The monoisotopic (exact) mass is 452 g/mol. The molecule has 0 radical (unpaired) electrons. The van der Waals surface area contributed by atoms with Gasteiger partial charge in [-0.2, -0.15) is 0 Å². The van der Waals surface area contributed by atoms with Crippen molar-refractivity contribution in [1.29, 1.82) is 0 Å². The highest BCUT2D eigenvalue weighted by atomic mass is 16.2. The zero-order valence-corrected chi connectivity index (χ0v) is 19.4. The standard InChI is InChI=1S/C28H28N4O2/c1-21-7-9-24(10-8-21)25-26(28(34)32(27(25)33)20-23-11-13-29-14-12-23)31-17-15-30(16-18-31)19-22-5-3-2-4-6-22/h2-14H,15-20H2,1H3. The molecule has 1 aromatic heterocycles. The summed E-state index contributed by atoms with van der Waals surface area (Å²) in [5, 5.41) is 0. The fourth-order valence-electron chi connectivity index (χ4n) is 4.62. The van der Waals surface area contributed by atoms with Crippen molar-refractivity contribution in [2.45, 2.75) is 20.0 Å². The van der Waals surface area contributed by atoms with E-state index in [0.29, 0.717) is 24.4 Å². The van der Waals surface area contributed by atoms with Gasteiger partial charge in [0.2, 0.25) is 0 Å². The normalized spacial score (nSPS) is 17.1. The molecule has 1 saturated heterocycles. The average Bonchev–Trinajstić information content (AvgIpc) is 3.11. The van der Waals surface area contributed by atoms with Crippen LogP contribution in [0.1, 0.15) is 22.3 Å². The number of carbonyl (C=O) groups excluding carboxylic acids is 2. The van der Waals surface area contributed by atoms with E-state index in [9.17, 15) is 9.59 Å². The lowest BCUT2D eigenvalue weighted by Crippen LogP contribution is -2.47. The minimum absolute atomic E-state index is 0.214. The van der Waals surface area contributed by atoms with Crippen LogP contribution in [0.3, 0.4) is 0 Å². The second kappa shape index (κ2) is 9.61. The number of carbonyl (C=O) groups is 2. The molecule has 2 amide bonds. The van der Waals surface area contributed by atoms with E-state index in [1.807, 2.05) is 49.4 Å². The number of hydrogen-bond acceptors (Lipinski definition) is 5. The van der Waals surface area contributed by atoms with Crippen molar-refractivity contribution < 1.29 is 9.59 Å². The van der Waals surface area contributed by atoms with Crippen LogP contribution in [0, 0.1) is 6.92 Å². The number of amides is 2. The predicted octanol–water partition coefficient (Wildman–Crippen LogP) is 3.49. The molecule has 6 nitrogen and oxygen atoms in total. The lowest BCUT2D eigenvalue weighted by Gasteiger charge is -2.36. The number of nitrogens with zero attached hydrogens (tertiary/aromatic N) is 4. The number of hydrogen-bond donors (Lipinski definition) is 0. The first-order valence-corrected chi connectivity index (χ1v) is 11.7. The Morgan fingerprint density at radius 3 is 2.06 bits per heavy atom. The van der Waals surface area contributed by atoms with E-state index in [0.717, 1.165) is 36.3 Å². The second-order valence-electron chi connectivity index (χ2n) is 8.89. The fourth-order valence-corrected chi connectivity index (χ4v) is 4.62. The van der Waals surface area contributed by atoms with E-state index in [1.165, 1.54) is 10.5 Å². The number of pyridine rings is 1. The van der Waals surface area contributed by atoms with Crippen molar-refractivity contribution >= 4 is 17.4 Å². The van der Waals surface area contributed by atoms with Crippen LogP contribution in [0.4, 0.5) is 0 Å². The van der Waals surface area contributed by atoms with Crippen LogP contribution < -0.4 is 0 Å². The quantitative estimate of drug-likeness (QED) is 0.536. The lowest BCUT2D eigenvalue weighted by molar-refractivity contribution is -0.138. The molecule has 6 heteroatoms. The average molecular weight is 453 g/mol. The molecule has 5 rings (SSSR count). The van der Waals surface area contributed by atoms with E-state index >= 15 is 0 Å². The Morgan fingerprint density at radius 2 is 1.38 bits per heavy atom. The number of aromatic nitrogens is 1. The van der Waals surface area contributed by atoms with E-state index in [2.05, 4.69) is 39.0 Å². The van der Waals surface area contributed by atoms with Crippen molar-refractivity contribution in [2.75, 3.05) is 26.2 Å². The lowest BCUT2D eigenvalue weighted by atomic mass is 10.0. The Kier molecular flexibility index (Phi) is 6.23. The van der Waals surface area contributed by atoms with Gasteiger partial charge < -0.3 is 4.90 Å². The SMILES string of the molecule is Cc1ccc(C2=C(N3CCN(Cc4ccccc4)CC3)C(=O)N(Cc3ccncc3)C2=O)cc1. The summed E-state index contributed by atoms with van der Waals surface area (Å²) in [4.78, 5) is 37.1. The molecular weight excluding hydrogens is 424 g/mol. The molecule has 2 aromatic carbocycles. The van der Waals surface area contributed by atoms with Crippen molar-refractivity contribution in [2.24, 2.45) is 0 Å². The van der Waals surface area contributed by atoms with Gasteiger partial charge in [-0.1, -0.05) is 60.2 Å². The van der Waals surface area contributed by atoms with Gasteiger partial charge in [-0.15, -0.1) is 0 Å². The molecule has 3 aromatic rings. The van der Waals surface area contributed by atoms with Crippen LogP contribution >= 0.6 is 0 Å². The largest absolute Gasteiger partial charge is 0.364 e. The van der Waals surface area contributed by atoms with E-state index in [1.54, 1.807) is 12.4 Å². The number of piperazine rings is 1. The summed E-state index contributed by atoms with van der Waals surface area (Å²) in [6.07, 6.45) is 3.36. The van der Waals surface area contributed by atoms with Gasteiger partial charge in [0, 0.05) is 45.1 Å². The summed E-state index contributed by atoms with van der Waals surface area (Å²) in [5.41, 5.74) is 5.12. The Hall–Kier alpha value is -3.77. The maximum Gasteiger partial charge on any atom is 0.278 e. The molecular formula is C28H28N4O2. The van der Waals surface area contributed by atoms with E-state index in [4.69, 9.17) is 0 Å². The van der Waals surface area contributed by atoms with Crippen LogP contribution in [0.5, 0.6) is 0 Å². The Balaban J connectivity index is 1.40. The maximum atomic E-state index is 13.6. The first-order chi connectivity index (χ1) is 16.6. The Morgan fingerprint density at radius 1 is 0.735 bits per heavy atom. The molecule has 2 aliphatic rings. The summed E-state index contributed by atoms with van der Waals surface area (Å²) >= 11 is 0. The van der Waals surface area contributed by atoms with Gasteiger partial charge >= 0.3 is 0 Å². The smallest absolute Gasteiger partial charge is 0.278 e. The predicted molar refractivity (Wildman–Crippen MR) is 131 cm³/mol. The third kappa shape index (κ3) is 4.50. The molecule has 0 unspecified atom stereocenters. The molecule has 0 aliphatic carbocycles. The highest BCUT2D eigenvalue weighted by molar-refractivity contribution is 6.35. The third-order valence-corrected chi connectivity index (χ3v) is 6.51. The molecule has 2 aliphatic heterocycles. The van der Waals surface area contributed by atoms with Gasteiger partial charge in [0.05, 0.1) is 12.1 Å². The van der Waals surface area contributed by atoms with E-state index in [-0.39, 0.29) is 18.4 Å². The number of aryl methyl sites for hydroxylation is 1. The topological polar surface area (TPSA) is 56.8 Å². The van der Waals surface area contributed by atoms with Crippen LogP contribution in [-0.2, 0) is 22.7 Å². The molecule has 1 fully saturated rings. The van der Waals surface area contributed by atoms with Gasteiger partial charge in [0.1, 0.15) is 5.70 Å². The second-order valence-corrected chi connectivity index (χ2v) is 8.89. The number of imide groups is 1. The first-order valence-electron chi connectivity index (χ1n) is 11.7. The first kappa shape index (κ1) is 22.0. The molecule has 0 atom stereocenters. The highest BCUT2D eigenvalue weighted by Gasteiger charge is 2.42. The minimum atomic E-state index is -0.229. The van der Waals surface area contributed by atoms with Crippen molar-refractivity contribution in [3.05, 3.63) is 107 Å². The number of rotatable bonds is 6. The molecule has 0 saturated carbocycles. The van der Waals surface area contributed by atoms with Crippen LogP contribution in [0.25, 0.3) is 5.57 Å². The highest BCUT2D eigenvalue weighted by Crippen LogP contribution is 2.33. The molecule has 0 bridgehead atoms. The van der Waals surface area contributed by atoms with Gasteiger partial charge in [-0.3, -0.25) is 24.4 Å². The minimum Gasteiger partial charge on any atom is -0.364 e. The van der Waals surface area contributed by atoms with Crippen LogP contribution in [-0.4, -0.2) is 57.7 Å². The van der Waals surface area contributed by atoms with Crippen LogP contribution in [0.2, 0.25) is 0 Å². The van der Waals surface area contributed by atoms with E-state index < -0.39 is 0 Å². The summed E-state index contributed by atoms with van der Waals surface area (Å²) in [6, 6.07) is 22.0. The van der Waals surface area contributed by atoms with Crippen molar-refractivity contribution in [3.8, 4) is 0 Å². The fraction of sp³-hybridized carbons (Fsp3) is 0.250. The van der Waals surface area contributed by atoms with Crippen molar-refractivity contribution in [1.82, 2.24) is 19.7 Å². The molecule has 3 heterocycles. The van der Waals surface area contributed by atoms with Gasteiger partial charge in [0.25, 0.3) is 11.8 Å². The third-order valence-electron chi connectivity index (χ3n) is 6.51. The molecule has 0 N–H and O–H groups in total. The number of benzene rings is 2. The van der Waals surface area contributed by atoms with Gasteiger partial charge in [-0.25, -0.2) is 0 Å². The van der Waals surface area contributed by atoms with Gasteiger partial charge in [-0.05, 0) is 35.7 Å². The summed E-state index contributed by atoms with van der Waals surface area (Å²) in [5.74, 6) is -0.443. The van der Waals surface area contributed by atoms with Crippen LogP contribution in [0.15, 0.2) is 84.8 Å².